The average molecular weight is 399 g/mol. The molecule has 3 amide bonds. The Hall–Kier alpha value is -3.46. The van der Waals surface area contributed by atoms with Crippen LogP contribution in [-0.4, -0.2) is 29.5 Å². The van der Waals surface area contributed by atoms with Crippen LogP contribution in [0.5, 0.6) is 0 Å². The van der Waals surface area contributed by atoms with Gasteiger partial charge in [-0.3, -0.25) is 10.1 Å². The van der Waals surface area contributed by atoms with Gasteiger partial charge in [0.05, 0.1) is 12.8 Å². The SMILES string of the molecule is Cc1ccc(-c2nc(C(=O)OCC(=O)NC(=O)NCc3ccco3)cs2)cc1. The minimum Gasteiger partial charge on any atom is -0.467 e. The van der Waals surface area contributed by atoms with E-state index in [1.807, 2.05) is 31.2 Å². The first-order valence-corrected chi connectivity index (χ1v) is 9.19. The van der Waals surface area contributed by atoms with Crippen molar-refractivity contribution in [3.8, 4) is 10.6 Å². The Morgan fingerprint density at radius 2 is 1.96 bits per heavy atom. The number of esters is 1. The summed E-state index contributed by atoms with van der Waals surface area (Å²) in [5, 5.41) is 6.74. The van der Waals surface area contributed by atoms with Gasteiger partial charge in [0, 0.05) is 10.9 Å². The van der Waals surface area contributed by atoms with Gasteiger partial charge in [-0.2, -0.15) is 0 Å². The van der Waals surface area contributed by atoms with E-state index in [0.717, 1.165) is 11.1 Å². The van der Waals surface area contributed by atoms with E-state index in [4.69, 9.17) is 9.15 Å². The summed E-state index contributed by atoms with van der Waals surface area (Å²) in [6.45, 7) is 1.52. The van der Waals surface area contributed by atoms with E-state index in [-0.39, 0.29) is 12.2 Å². The Labute approximate surface area is 164 Å². The number of rotatable bonds is 6. The third-order valence-corrected chi connectivity index (χ3v) is 4.49. The second-order valence-corrected chi connectivity index (χ2v) is 6.65. The molecule has 2 N–H and O–H groups in total. The molecule has 0 unspecified atom stereocenters. The van der Waals surface area contributed by atoms with Gasteiger partial charge in [0.25, 0.3) is 5.91 Å². The number of nitrogens with one attached hydrogen (secondary N) is 2. The van der Waals surface area contributed by atoms with Crippen LogP contribution in [0, 0.1) is 6.92 Å². The van der Waals surface area contributed by atoms with E-state index < -0.39 is 24.5 Å². The lowest BCUT2D eigenvalue weighted by atomic mass is 10.2. The van der Waals surface area contributed by atoms with Crippen molar-refractivity contribution in [1.29, 1.82) is 0 Å². The van der Waals surface area contributed by atoms with Gasteiger partial charge in [-0.25, -0.2) is 14.6 Å². The van der Waals surface area contributed by atoms with Gasteiger partial charge in [-0.05, 0) is 19.1 Å². The number of hydrogen-bond donors (Lipinski definition) is 2. The number of imide groups is 1. The van der Waals surface area contributed by atoms with E-state index >= 15 is 0 Å². The highest BCUT2D eigenvalue weighted by molar-refractivity contribution is 7.13. The number of urea groups is 1. The number of aromatic nitrogens is 1. The molecule has 3 aromatic rings. The summed E-state index contributed by atoms with van der Waals surface area (Å²) < 4.78 is 9.96. The van der Waals surface area contributed by atoms with Crippen LogP contribution in [0.15, 0.2) is 52.5 Å². The van der Waals surface area contributed by atoms with Crippen LogP contribution in [0.3, 0.4) is 0 Å². The van der Waals surface area contributed by atoms with Gasteiger partial charge >= 0.3 is 12.0 Å². The summed E-state index contributed by atoms with van der Waals surface area (Å²) in [5.74, 6) is -0.943. The Balaban J connectivity index is 1.45. The molecular weight excluding hydrogens is 382 g/mol. The van der Waals surface area contributed by atoms with Crippen LogP contribution in [0.1, 0.15) is 21.8 Å². The van der Waals surface area contributed by atoms with Crippen molar-refractivity contribution in [2.24, 2.45) is 0 Å². The molecule has 0 saturated carbocycles. The fraction of sp³-hybridized carbons (Fsp3) is 0.158. The lowest BCUT2D eigenvalue weighted by Gasteiger charge is -2.06. The highest BCUT2D eigenvalue weighted by Gasteiger charge is 2.16. The van der Waals surface area contributed by atoms with Crippen LogP contribution in [0.2, 0.25) is 0 Å². The fourth-order valence-corrected chi connectivity index (χ4v) is 2.98. The number of hydrogen-bond acceptors (Lipinski definition) is 7. The zero-order chi connectivity index (χ0) is 19.9. The summed E-state index contributed by atoms with van der Waals surface area (Å²) in [5.41, 5.74) is 2.12. The van der Waals surface area contributed by atoms with Gasteiger partial charge in [0.15, 0.2) is 12.3 Å². The summed E-state index contributed by atoms with van der Waals surface area (Å²) in [4.78, 5) is 39.6. The predicted octanol–water partition coefficient (Wildman–Crippen LogP) is 2.89. The minimum absolute atomic E-state index is 0.107. The Morgan fingerprint density at radius 3 is 2.68 bits per heavy atom. The molecule has 3 rings (SSSR count). The molecule has 0 fully saturated rings. The largest absolute Gasteiger partial charge is 0.467 e. The Morgan fingerprint density at radius 1 is 1.18 bits per heavy atom. The number of thiazole rings is 1. The van der Waals surface area contributed by atoms with Gasteiger partial charge in [-0.1, -0.05) is 29.8 Å². The van der Waals surface area contributed by atoms with Crippen molar-refractivity contribution < 1.29 is 23.5 Å². The van der Waals surface area contributed by atoms with Gasteiger partial charge < -0.3 is 14.5 Å². The normalized spacial score (nSPS) is 10.3. The maximum absolute atomic E-state index is 12.0. The van der Waals surface area contributed by atoms with Crippen molar-refractivity contribution in [1.82, 2.24) is 15.6 Å². The first kappa shape index (κ1) is 19.3. The number of carbonyl (C=O) groups is 3. The van der Waals surface area contributed by atoms with Crippen molar-refractivity contribution >= 4 is 29.2 Å². The lowest BCUT2D eigenvalue weighted by molar-refractivity contribution is -0.123. The van der Waals surface area contributed by atoms with Gasteiger partial charge in [-0.15, -0.1) is 11.3 Å². The quantitative estimate of drug-likeness (QED) is 0.617. The predicted molar refractivity (Wildman–Crippen MR) is 102 cm³/mol. The summed E-state index contributed by atoms with van der Waals surface area (Å²) in [6, 6.07) is 10.4. The van der Waals surface area contributed by atoms with Gasteiger partial charge in [0.2, 0.25) is 0 Å². The lowest BCUT2D eigenvalue weighted by Crippen LogP contribution is -2.41. The van der Waals surface area contributed by atoms with Crippen LogP contribution in [0.4, 0.5) is 4.79 Å². The first-order valence-electron chi connectivity index (χ1n) is 8.31. The van der Waals surface area contributed by atoms with E-state index in [9.17, 15) is 14.4 Å². The molecule has 2 aromatic heterocycles. The number of benzene rings is 1. The van der Waals surface area contributed by atoms with Crippen LogP contribution < -0.4 is 10.6 Å². The number of aryl methyl sites for hydroxylation is 1. The maximum atomic E-state index is 12.0. The number of amides is 3. The molecule has 0 radical (unpaired) electrons. The van der Waals surface area contributed by atoms with E-state index in [1.54, 1.807) is 17.5 Å². The van der Waals surface area contributed by atoms with E-state index in [0.29, 0.717) is 10.8 Å². The van der Waals surface area contributed by atoms with Crippen LogP contribution in [0.25, 0.3) is 10.6 Å². The number of carbonyl (C=O) groups excluding carboxylic acids is 3. The summed E-state index contributed by atoms with van der Waals surface area (Å²) in [7, 11) is 0. The monoisotopic (exact) mass is 399 g/mol. The number of furan rings is 1. The highest BCUT2D eigenvalue weighted by Crippen LogP contribution is 2.24. The third kappa shape index (κ3) is 5.27. The van der Waals surface area contributed by atoms with Crippen molar-refractivity contribution in [3.63, 3.8) is 0 Å². The zero-order valence-corrected chi connectivity index (χ0v) is 15.7. The molecule has 144 valence electrons. The van der Waals surface area contributed by atoms with Crippen molar-refractivity contribution in [2.45, 2.75) is 13.5 Å². The number of ether oxygens (including phenoxy) is 1. The fourth-order valence-electron chi connectivity index (χ4n) is 2.19. The molecule has 0 atom stereocenters. The molecule has 1 aromatic carbocycles. The molecule has 0 bridgehead atoms. The van der Waals surface area contributed by atoms with Crippen LogP contribution >= 0.6 is 11.3 Å². The molecule has 8 nitrogen and oxygen atoms in total. The molecule has 9 heteroatoms. The maximum Gasteiger partial charge on any atom is 0.358 e. The second kappa shape index (κ2) is 8.96. The number of nitrogens with zero attached hydrogens (tertiary/aromatic N) is 1. The summed E-state index contributed by atoms with van der Waals surface area (Å²) >= 11 is 1.30. The topological polar surface area (TPSA) is 111 Å². The third-order valence-electron chi connectivity index (χ3n) is 3.60. The molecule has 0 spiro atoms. The average Bonchev–Trinajstić information content (AvgIpc) is 3.37. The standard InChI is InChI=1S/C19H17N3O5S/c1-12-4-6-13(7-5-12)17-21-15(11-28-17)18(24)27-10-16(23)22-19(25)20-9-14-3-2-8-26-14/h2-8,11H,9-10H2,1H3,(H2,20,22,23,25). The Bertz CT molecular complexity index is 964. The molecule has 2 heterocycles. The molecule has 28 heavy (non-hydrogen) atoms. The second-order valence-electron chi connectivity index (χ2n) is 5.79. The van der Waals surface area contributed by atoms with Gasteiger partial charge in [0.1, 0.15) is 10.8 Å². The molecular formula is C19H17N3O5S. The summed E-state index contributed by atoms with van der Waals surface area (Å²) in [6.07, 6.45) is 1.47. The van der Waals surface area contributed by atoms with Crippen LogP contribution in [-0.2, 0) is 16.1 Å². The van der Waals surface area contributed by atoms with Crippen molar-refractivity contribution in [3.05, 3.63) is 65.1 Å². The smallest absolute Gasteiger partial charge is 0.358 e. The molecule has 0 aliphatic heterocycles. The zero-order valence-electron chi connectivity index (χ0n) is 14.9. The minimum atomic E-state index is -0.751. The molecule has 0 aliphatic rings. The first-order chi connectivity index (χ1) is 13.5. The van der Waals surface area contributed by atoms with E-state index in [1.165, 1.54) is 17.6 Å². The van der Waals surface area contributed by atoms with E-state index in [2.05, 4.69) is 15.6 Å². The molecule has 0 aliphatic carbocycles. The molecule has 0 saturated heterocycles. The highest BCUT2D eigenvalue weighted by atomic mass is 32.1. The van der Waals surface area contributed by atoms with Crippen molar-refractivity contribution in [2.75, 3.05) is 6.61 Å². The Kier molecular flexibility index (Phi) is 6.18.